The minimum atomic E-state index is 0.477. The Bertz CT molecular complexity index is 213. The maximum Gasteiger partial charge on any atom is 0.183 e. The number of hydroxylamine groups is 2. The number of hydrogen-bond acceptors (Lipinski definition) is 4. The van der Waals surface area contributed by atoms with Gasteiger partial charge in [-0.1, -0.05) is 11.6 Å². The number of rotatable bonds is 2. The first kappa shape index (κ1) is 7.94. The molecule has 0 saturated heterocycles. The van der Waals surface area contributed by atoms with E-state index in [9.17, 15) is 0 Å². The zero-order valence-electron chi connectivity index (χ0n) is 5.41. The van der Waals surface area contributed by atoms with Crippen LogP contribution >= 0.6 is 22.9 Å². The van der Waals surface area contributed by atoms with E-state index in [1.165, 1.54) is 11.3 Å². The Morgan fingerprint density at radius 3 is 3.00 bits per heavy atom. The third kappa shape index (κ3) is 2.22. The molecule has 0 amide bonds. The lowest BCUT2D eigenvalue weighted by molar-refractivity contribution is -0.0723. The SMILES string of the molecule is CN(O)Cc1cnc(Cl)s1. The van der Waals surface area contributed by atoms with Crippen LogP contribution in [0.1, 0.15) is 4.88 Å². The molecule has 0 atom stereocenters. The molecular formula is C5H7ClN2OS. The smallest absolute Gasteiger partial charge is 0.183 e. The van der Waals surface area contributed by atoms with E-state index in [-0.39, 0.29) is 0 Å². The molecule has 1 N–H and O–H groups in total. The number of hydrogen-bond donors (Lipinski definition) is 1. The molecule has 56 valence electrons. The summed E-state index contributed by atoms with van der Waals surface area (Å²) in [6.07, 6.45) is 1.65. The second-order valence-electron chi connectivity index (χ2n) is 1.90. The van der Waals surface area contributed by atoms with Crippen molar-refractivity contribution in [1.29, 1.82) is 0 Å². The summed E-state index contributed by atoms with van der Waals surface area (Å²) in [6, 6.07) is 0. The predicted molar refractivity (Wildman–Crippen MR) is 40.4 cm³/mol. The van der Waals surface area contributed by atoms with Gasteiger partial charge in [0.2, 0.25) is 0 Å². The van der Waals surface area contributed by atoms with E-state index in [0.29, 0.717) is 11.0 Å². The minimum Gasteiger partial charge on any atom is -0.314 e. The first-order chi connectivity index (χ1) is 4.68. The zero-order chi connectivity index (χ0) is 7.56. The number of halogens is 1. The van der Waals surface area contributed by atoms with Gasteiger partial charge in [0.15, 0.2) is 4.47 Å². The van der Waals surface area contributed by atoms with Crippen LogP contribution in [0.15, 0.2) is 6.20 Å². The van der Waals surface area contributed by atoms with Crippen molar-refractivity contribution in [3.8, 4) is 0 Å². The molecule has 0 aliphatic rings. The molecule has 1 rings (SSSR count). The third-order valence-corrected chi connectivity index (χ3v) is 2.01. The first-order valence-corrected chi connectivity index (χ1v) is 3.88. The van der Waals surface area contributed by atoms with Gasteiger partial charge in [-0.15, -0.1) is 11.3 Å². The highest BCUT2D eigenvalue weighted by Crippen LogP contribution is 2.18. The van der Waals surface area contributed by atoms with Crippen LogP contribution < -0.4 is 0 Å². The lowest BCUT2D eigenvalue weighted by Gasteiger charge is -2.02. The number of nitrogens with zero attached hydrogens (tertiary/aromatic N) is 2. The fourth-order valence-electron chi connectivity index (χ4n) is 0.582. The number of thiazole rings is 1. The van der Waals surface area contributed by atoms with Crippen LogP contribution in [-0.2, 0) is 6.54 Å². The molecule has 10 heavy (non-hydrogen) atoms. The molecule has 5 heteroatoms. The Labute approximate surface area is 67.8 Å². The molecule has 1 aromatic heterocycles. The molecule has 0 unspecified atom stereocenters. The van der Waals surface area contributed by atoms with Gasteiger partial charge >= 0.3 is 0 Å². The highest BCUT2D eigenvalue weighted by molar-refractivity contribution is 7.15. The standard InChI is InChI=1S/C5H7ClN2OS/c1-8(9)3-4-2-7-5(6)10-4/h2,9H,3H2,1H3. The van der Waals surface area contributed by atoms with Gasteiger partial charge in [-0.2, -0.15) is 5.06 Å². The molecular weight excluding hydrogens is 172 g/mol. The molecule has 0 aliphatic heterocycles. The molecule has 0 bridgehead atoms. The van der Waals surface area contributed by atoms with Crippen molar-refractivity contribution in [3.63, 3.8) is 0 Å². The van der Waals surface area contributed by atoms with E-state index in [1.54, 1.807) is 13.2 Å². The fraction of sp³-hybridized carbons (Fsp3) is 0.400. The summed E-state index contributed by atoms with van der Waals surface area (Å²) in [7, 11) is 1.58. The van der Waals surface area contributed by atoms with Gasteiger partial charge in [-0.25, -0.2) is 4.98 Å². The molecule has 1 aromatic rings. The summed E-state index contributed by atoms with van der Waals surface area (Å²) < 4.78 is 0.511. The molecule has 0 aromatic carbocycles. The van der Waals surface area contributed by atoms with E-state index in [4.69, 9.17) is 16.8 Å². The maximum atomic E-state index is 8.78. The van der Waals surface area contributed by atoms with Crippen molar-refractivity contribution in [2.75, 3.05) is 7.05 Å². The van der Waals surface area contributed by atoms with Crippen molar-refractivity contribution in [1.82, 2.24) is 10.0 Å². The minimum absolute atomic E-state index is 0.477. The van der Waals surface area contributed by atoms with Crippen LogP contribution in [-0.4, -0.2) is 22.3 Å². The van der Waals surface area contributed by atoms with Crippen LogP contribution in [0.3, 0.4) is 0 Å². The van der Waals surface area contributed by atoms with E-state index in [1.807, 2.05) is 0 Å². The summed E-state index contributed by atoms with van der Waals surface area (Å²) in [6.45, 7) is 0.477. The monoisotopic (exact) mass is 178 g/mol. The van der Waals surface area contributed by atoms with Crippen LogP contribution in [0, 0.1) is 0 Å². The van der Waals surface area contributed by atoms with Crippen molar-refractivity contribution in [3.05, 3.63) is 15.5 Å². The predicted octanol–water partition coefficient (Wildman–Crippen LogP) is 1.62. The van der Waals surface area contributed by atoms with Gasteiger partial charge in [-0.05, 0) is 0 Å². The van der Waals surface area contributed by atoms with Gasteiger partial charge in [0.25, 0.3) is 0 Å². The largest absolute Gasteiger partial charge is 0.314 e. The van der Waals surface area contributed by atoms with Crippen LogP contribution in [0.25, 0.3) is 0 Å². The lowest BCUT2D eigenvalue weighted by Crippen LogP contribution is -2.10. The van der Waals surface area contributed by atoms with E-state index < -0.39 is 0 Å². The molecule has 0 spiro atoms. The van der Waals surface area contributed by atoms with E-state index in [2.05, 4.69) is 4.98 Å². The summed E-state index contributed by atoms with van der Waals surface area (Å²) in [5, 5.41) is 9.87. The Morgan fingerprint density at radius 2 is 2.60 bits per heavy atom. The fourth-order valence-corrected chi connectivity index (χ4v) is 1.61. The second kappa shape index (κ2) is 3.30. The average molecular weight is 179 g/mol. The summed E-state index contributed by atoms with van der Waals surface area (Å²) >= 11 is 6.92. The topological polar surface area (TPSA) is 36.4 Å². The Morgan fingerprint density at radius 1 is 1.90 bits per heavy atom. The van der Waals surface area contributed by atoms with Gasteiger partial charge in [0, 0.05) is 18.1 Å². The average Bonchev–Trinajstić information content (AvgIpc) is 2.13. The highest BCUT2D eigenvalue weighted by Gasteiger charge is 2.00. The number of aromatic nitrogens is 1. The van der Waals surface area contributed by atoms with Gasteiger partial charge < -0.3 is 5.21 Å². The lowest BCUT2D eigenvalue weighted by atomic mass is 10.5. The molecule has 0 saturated carbocycles. The van der Waals surface area contributed by atoms with Gasteiger partial charge in [-0.3, -0.25) is 0 Å². The van der Waals surface area contributed by atoms with Crippen LogP contribution in [0.5, 0.6) is 0 Å². The van der Waals surface area contributed by atoms with E-state index >= 15 is 0 Å². The summed E-state index contributed by atoms with van der Waals surface area (Å²) in [5.74, 6) is 0. The van der Waals surface area contributed by atoms with Gasteiger partial charge in [0.05, 0.1) is 6.54 Å². The Kier molecular flexibility index (Phi) is 2.62. The van der Waals surface area contributed by atoms with Crippen LogP contribution in [0.4, 0.5) is 0 Å². The normalized spacial score (nSPS) is 10.8. The summed E-state index contributed by atoms with van der Waals surface area (Å²) in [4.78, 5) is 4.77. The quantitative estimate of drug-likeness (QED) is 0.700. The van der Waals surface area contributed by atoms with Crippen molar-refractivity contribution >= 4 is 22.9 Å². The highest BCUT2D eigenvalue weighted by atomic mass is 35.5. The third-order valence-electron chi connectivity index (χ3n) is 0.910. The molecule has 0 aliphatic carbocycles. The first-order valence-electron chi connectivity index (χ1n) is 2.68. The molecule has 0 fully saturated rings. The Balaban J connectivity index is 2.58. The van der Waals surface area contributed by atoms with E-state index in [0.717, 1.165) is 9.94 Å². The van der Waals surface area contributed by atoms with Crippen molar-refractivity contribution in [2.24, 2.45) is 0 Å². The summed E-state index contributed by atoms with van der Waals surface area (Å²) in [5.41, 5.74) is 0. The molecule has 1 heterocycles. The molecule has 0 radical (unpaired) electrons. The van der Waals surface area contributed by atoms with Gasteiger partial charge in [0.1, 0.15) is 0 Å². The van der Waals surface area contributed by atoms with Crippen molar-refractivity contribution in [2.45, 2.75) is 6.54 Å². The maximum absolute atomic E-state index is 8.78. The van der Waals surface area contributed by atoms with Crippen molar-refractivity contribution < 1.29 is 5.21 Å². The zero-order valence-corrected chi connectivity index (χ0v) is 6.98. The van der Waals surface area contributed by atoms with Crippen LogP contribution in [0.2, 0.25) is 4.47 Å². The second-order valence-corrected chi connectivity index (χ2v) is 3.59. The Hall–Kier alpha value is -0.160. The molecule has 3 nitrogen and oxygen atoms in total.